The van der Waals surface area contributed by atoms with Crippen LogP contribution in [-0.4, -0.2) is 15.8 Å². The summed E-state index contributed by atoms with van der Waals surface area (Å²) in [5.41, 5.74) is 4.53. The molecular weight excluding hydrogens is 382 g/mol. The summed E-state index contributed by atoms with van der Waals surface area (Å²) in [7, 11) is 0. The normalized spacial score (nSPS) is 11.1. The van der Waals surface area contributed by atoms with Crippen molar-refractivity contribution >= 4 is 34.5 Å². The Balaban J connectivity index is 1.49. The molecule has 0 unspecified atom stereocenters. The first-order valence-corrected chi connectivity index (χ1v) is 9.20. The van der Waals surface area contributed by atoms with Crippen molar-refractivity contribution in [3.8, 4) is 11.5 Å². The van der Waals surface area contributed by atoms with E-state index in [2.05, 4.69) is 10.3 Å². The number of hydrogen-bond acceptors (Lipinski definition) is 5. The maximum absolute atomic E-state index is 12.2. The predicted octanol–water partition coefficient (Wildman–Crippen LogP) is 5.36. The molecule has 1 amide bonds. The maximum atomic E-state index is 12.2. The molecule has 1 heterocycles. The number of nitro benzene ring substituents is 1. The van der Waals surface area contributed by atoms with E-state index in [1.807, 2.05) is 31.2 Å². The molecule has 4 aromatic rings. The van der Waals surface area contributed by atoms with Crippen LogP contribution in [0.4, 0.5) is 11.4 Å². The molecule has 1 N–H and O–H groups in total. The third-order valence-electron chi connectivity index (χ3n) is 4.56. The number of nitro groups is 1. The summed E-state index contributed by atoms with van der Waals surface area (Å²) in [5.74, 6) is 0.205. The molecule has 7 heteroatoms. The van der Waals surface area contributed by atoms with Crippen molar-refractivity contribution in [2.45, 2.75) is 6.92 Å². The van der Waals surface area contributed by atoms with E-state index in [0.29, 0.717) is 28.2 Å². The van der Waals surface area contributed by atoms with Gasteiger partial charge in [-0.2, -0.15) is 0 Å². The van der Waals surface area contributed by atoms with Gasteiger partial charge in [-0.05, 0) is 54.5 Å². The first kappa shape index (κ1) is 19.1. The summed E-state index contributed by atoms with van der Waals surface area (Å²) in [6.45, 7) is 1.99. The average Bonchev–Trinajstić information content (AvgIpc) is 3.16. The van der Waals surface area contributed by atoms with Gasteiger partial charge < -0.3 is 9.73 Å². The van der Waals surface area contributed by atoms with Crippen LogP contribution in [0.3, 0.4) is 0 Å². The molecule has 0 fully saturated rings. The summed E-state index contributed by atoms with van der Waals surface area (Å²) in [6, 6.07) is 19.0. The molecule has 30 heavy (non-hydrogen) atoms. The van der Waals surface area contributed by atoms with Crippen LogP contribution in [0.1, 0.15) is 11.1 Å². The summed E-state index contributed by atoms with van der Waals surface area (Å²) >= 11 is 0. The molecule has 3 aromatic carbocycles. The molecule has 148 valence electrons. The summed E-state index contributed by atoms with van der Waals surface area (Å²) in [5, 5.41) is 13.5. The van der Waals surface area contributed by atoms with Gasteiger partial charge in [0.25, 0.3) is 5.69 Å². The number of aromatic nitrogens is 1. The van der Waals surface area contributed by atoms with Crippen LogP contribution in [0, 0.1) is 17.0 Å². The van der Waals surface area contributed by atoms with Crippen LogP contribution in [0.2, 0.25) is 0 Å². The van der Waals surface area contributed by atoms with Crippen molar-refractivity contribution < 1.29 is 14.1 Å². The lowest BCUT2D eigenvalue weighted by Gasteiger charge is -2.01. The number of hydrogen-bond donors (Lipinski definition) is 1. The highest BCUT2D eigenvalue weighted by molar-refractivity contribution is 6.02. The second-order valence-corrected chi connectivity index (χ2v) is 6.69. The third-order valence-corrected chi connectivity index (χ3v) is 4.56. The highest BCUT2D eigenvalue weighted by atomic mass is 16.6. The number of fused-ring (bicyclic) bond motifs is 1. The largest absolute Gasteiger partial charge is 0.436 e. The van der Waals surface area contributed by atoms with Crippen molar-refractivity contribution in [2.24, 2.45) is 0 Å². The van der Waals surface area contributed by atoms with E-state index in [4.69, 9.17) is 4.42 Å². The highest BCUT2D eigenvalue weighted by Crippen LogP contribution is 2.28. The van der Waals surface area contributed by atoms with Crippen LogP contribution in [-0.2, 0) is 4.79 Å². The second kappa shape index (κ2) is 8.00. The molecule has 0 radical (unpaired) electrons. The molecule has 7 nitrogen and oxygen atoms in total. The van der Waals surface area contributed by atoms with Gasteiger partial charge >= 0.3 is 0 Å². The zero-order valence-electron chi connectivity index (χ0n) is 16.0. The number of nitrogens with one attached hydrogen (secondary N) is 1. The number of carbonyl (C=O) groups excluding carboxylic acids is 1. The Bertz CT molecular complexity index is 1270. The van der Waals surface area contributed by atoms with Crippen molar-refractivity contribution in [3.05, 3.63) is 94.0 Å². The fraction of sp³-hybridized carbons (Fsp3) is 0.0435. The smallest absolute Gasteiger partial charge is 0.269 e. The minimum Gasteiger partial charge on any atom is -0.436 e. The monoisotopic (exact) mass is 399 g/mol. The van der Waals surface area contributed by atoms with Gasteiger partial charge in [-0.15, -0.1) is 0 Å². The Hall–Kier alpha value is -4.26. The lowest BCUT2D eigenvalue weighted by molar-refractivity contribution is -0.384. The molecule has 0 spiro atoms. The van der Waals surface area contributed by atoms with Crippen molar-refractivity contribution in [1.82, 2.24) is 4.98 Å². The van der Waals surface area contributed by atoms with Crippen LogP contribution in [0.15, 0.2) is 77.2 Å². The SMILES string of the molecule is Cc1ccccc1-c1nc2ccc(NC(=O)/C=C/c3ccc([N+](=O)[O-])cc3)cc2o1. The molecule has 0 saturated heterocycles. The van der Waals surface area contributed by atoms with Gasteiger partial charge in [0.15, 0.2) is 5.58 Å². The van der Waals surface area contributed by atoms with Gasteiger partial charge in [0.1, 0.15) is 5.52 Å². The number of aryl methyl sites for hydroxylation is 1. The van der Waals surface area contributed by atoms with Gasteiger partial charge in [-0.1, -0.05) is 18.2 Å². The van der Waals surface area contributed by atoms with E-state index < -0.39 is 4.92 Å². The summed E-state index contributed by atoms with van der Waals surface area (Å²) < 4.78 is 5.88. The maximum Gasteiger partial charge on any atom is 0.269 e. The van der Waals surface area contributed by atoms with E-state index in [1.54, 1.807) is 36.4 Å². The van der Waals surface area contributed by atoms with Crippen LogP contribution in [0.5, 0.6) is 0 Å². The topological polar surface area (TPSA) is 98.3 Å². The molecule has 0 aliphatic heterocycles. The molecular formula is C23H17N3O4. The Kier molecular flexibility index (Phi) is 5.09. The minimum atomic E-state index is -0.468. The van der Waals surface area contributed by atoms with Crippen LogP contribution < -0.4 is 5.32 Å². The van der Waals surface area contributed by atoms with Gasteiger partial charge in [0.2, 0.25) is 11.8 Å². The van der Waals surface area contributed by atoms with Gasteiger partial charge in [-0.25, -0.2) is 4.98 Å². The first-order chi connectivity index (χ1) is 14.5. The first-order valence-electron chi connectivity index (χ1n) is 9.20. The lowest BCUT2D eigenvalue weighted by atomic mass is 10.1. The molecule has 1 aromatic heterocycles. The predicted molar refractivity (Wildman–Crippen MR) is 115 cm³/mol. The molecule has 0 saturated carbocycles. The lowest BCUT2D eigenvalue weighted by Crippen LogP contribution is -2.07. The number of oxazole rings is 1. The number of amides is 1. The molecule has 0 atom stereocenters. The van der Waals surface area contributed by atoms with E-state index in [-0.39, 0.29) is 11.6 Å². The Morgan fingerprint density at radius 3 is 2.60 bits per heavy atom. The number of non-ortho nitro benzene ring substituents is 1. The van der Waals surface area contributed by atoms with Gasteiger partial charge in [0.05, 0.1) is 4.92 Å². The quantitative estimate of drug-likeness (QED) is 0.277. The number of anilines is 1. The van der Waals surface area contributed by atoms with E-state index in [0.717, 1.165) is 11.1 Å². The Labute approximate surface area is 171 Å². The van der Waals surface area contributed by atoms with E-state index in [1.165, 1.54) is 18.2 Å². The molecule has 0 bridgehead atoms. The number of rotatable bonds is 5. The van der Waals surface area contributed by atoms with Gasteiger partial charge in [0, 0.05) is 35.5 Å². The standard InChI is InChI=1S/C23H17N3O4/c1-15-4-2-3-5-19(15)23-25-20-12-9-17(14-21(20)30-23)24-22(27)13-8-16-6-10-18(11-7-16)26(28)29/h2-14H,1H3,(H,24,27)/b13-8+. The molecule has 4 rings (SSSR count). The number of nitrogens with zero attached hydrogens (tertiary/aromatic N) is 2. The zero-order valence-corrected chi connectivity index (χ0v) is 16.0. The third kappa shape index (κ3) is 4.10. The second-order valence-electron chi connectivity index (χ2n) is 6.69. The fourth-order valence-corrected chi connectivity index (χ4v) is 2.99. The summed E-state index contributed by atoms with van der Waals surface area (Å²) in [6.07, 6.45) is 2.95. The van der Waals surface area contributed by atoms with Crippen molar-refractivity contribution in [3.63, 3.8) is 0 Å². The van der Waals surface area contributed by atoms with Crippen LogP contribution >= 0.6 is 0 Å². The van der Waals surface area contributed by atoms with Gasteiger partial charge in [-0.3, -0.25) is 14.9 Å². The molecule has 0 aliphatic carbocycles. The summed E-state index contributed by atoms with van der Waals surface area (Å²) in [4.78, 5) is 27.0. The number of benzene rings is 3. The Morgan fingerprint density at radius 1 is 1.10 bits per heavy atom. The van der Waals surface area contributed by atoms with Crippen molar-refractivity contribution in [2.75, 3.05) is 5.32 Å². The van der Waals surface area contributed by atoms with Crippen molar-refractivity contribution in [1.29, 1.82) is 0 Å². The Morgan fingerprint density at radius 2 is 1.87 bits per heavy atom. The zero-order chi connectivity index (χ0) is 21.1. The van der Waals surface area contributed by atoms with Crippen LogP contribution in [0.25, 0.3) is 28.6 Å². The fourth-order valence-electron chi connectivity index (χ4n) is 2.99. The molecule has 0 aliphatic rings. The number of carbonyl (C=O) groups is 1. The highest BCUT2D eigenvalue weighted by Gasteiger charge is 2.11. The van der Waals surface area contributed by atoms with E-state index in [9.17, 15) is 14.9 Å². The van der Waals surface area contributed by atoms with E-state index >= 15 is 0 Å². The minimum absolute atomic E-state index is 0.00188. The average molecular weight is 399 g/mol.